The second kappa shape index (κ2) is 7.03. The lowest BCUT2D eigenvalue weighted by Crippen LogP contribution is -2.44. The SMILES string of the molecule is Cc1nnc2n1NC(c1ccc(Cl)cc1)C(C(=O)NCC(C)C)S2. The maximum Gasteiger partial charge on any atom is 0.236 e. The van der Waals surface area contributed by atoms with E-state index in [2.05, 4.69) is 34.8 Å². The van der Waals surface area contributed by atoms with Crippen LogP contribution in [0.25, 0.3) is 0 Å². The van der Waals surface area contributed by atoms with E-state index in [9.17, 15) is 4.79 Å². The molecule has 1 aliphatic rings. The monoisotopic (exact) mass is 365 g/mol. The quantitative estimate of drug-likeness (QED) is 0.871. The summed E-state index contributed by atoms with van der Waals surface area (Å²) in [5, 5.41) is 12.3. The highest BCUT2D eigenvalue weighted by atomic mass is 35.5. The molecule has 24 heavy (non-hydrogen) atoms. The number of halogens is 1. The lowest BCUT2D eigenvalue weighted by atomic mass is 10.0. The van der Waals surface area contributed by atoms with E-state index < -0.39 is 0 Å². The van der Waals surface area contributed by atoms with Gasteiger partial charge in [0, 0.05) is 11.6 Å². The van der Waals surface area contributed by atoms with Crippen LogP contribution in [0.4, 0.5) is 0 Å². The van der Waals surface area contributed by atoms with Crippen molar-refractivity contribution in [2.75, 3.05) is 12.0 Å². The molecule has 2 N–H and O–H groups in total. The summed E-state index contributed by atoms with van der Waals surface area (Å²) in [6.07, 6.45) is 0. The van der Waals surface area contributed by atoms with Crippen molar-refractivity contribution in [2.24, 2.45) is 5.92 Å². The summed E-state index contributed by atoms with van der Waals surface area (Å²) < 4.78 is 1.83. The predicted molar refractivity (Wildman–Crippen MR) is 95.8 cm³/mol. The average Bonchev–Trinajstić information content (AvgIpc) is 2.93. The molecule has 2 atom stereocenters. The Bertz CT molecular complexity index is 731. The Morgan fingerprint density at radius 2 is 2.08 bits per heavy atom. The number of nitrogens with zero attached hydrogens (tertiary/aromatic N) is 3. The average molecular weight is 366 g/mol. The molecule has 2 aromatic rings. The van der Waals surface area contributed by atoms with Crippen LogP contribution in [0.5, 0.6) is 0 Å². The molecule has 128 valence electrons. The van der Waals surface area contributed by atoms with Crippen molar-refractivity contribution in [3.63, 3.8) is 0 Å². The molecule has 0 saturated carbocycles. The summed E-state index contributed by atoms with van der Waals surface area (Å²) in [6.45, 7) is 6.67. The van der Waals surface area contributed by atoms with Gasteiger partial charge in [0.2, 0.25) is 11.1 Å². The van der Waals surface area contributed by atoms with Crippen LogP contribution >= 0.6 is 23.4 Å². The molecular formula is C16H20ClN5OS. The van der Waals surface area contributed by atoms with Gasteiger partial charge in [-0.3, -0.25) is 4.79 Å². The van der Waals surface area contributed by atoms with Gasteiger partial charge in [-0.15, -0.1) is 10.2 Å². The largest absolute Gasteiger partial charge is 0.355 e. The molecule has 0 radical (unpaired) electrons. The number of aryl methyl sites for hydroxylation is 1. The highest BCUT2D eigenvalue weighted by Crippen LogP contribution is 2.37. The molecular weight excluding hydrogens is 346 g/mol. The van der Waals surface area contributed by atoms with Gasteiger partial charge in [0.25, 0.3) is 0 Å². The van der Waals surface area contributed by atoms with E-state index in [1.807, 2.05) is 35.9 Å². The zero-order valence-electron chi connectivity index (χ0n) is 13.8. The molecule has 0 aliphatic carbocycles. The van der Waals surface area contributed by atoms with Crippen LogP contribution in [0.1, 0.15) is 31.3 Å². The zero-order chi connectivity index (χ0) is 17.3. The maximum atomic E-state index is 12.7. The van der Waals surface area contributed by atoms with Crippen molar-refractivity contribution >= 4 is 29.3 Å². The van der Waals surface area contributed by atoms with Crippen LogP contribution in [0.2, 0.25) is 5.02 Å². The molecule has 0 fully saturated rings. The molecule has 3 rings (SSSR count). The molecule has 1 aromatic heterocycles. The number of nitrogens with one attached hydrogen (secondary N) is 2. The number of hydrogen-bond acceptors (Lipinski definition) is 5. The Balaban J connectivity index is 1.90. The molecule has 8 heteroatoms. The number of carbonyl (C=O) groups excluding carboxylic acids is 1. The Kier molecular flexibility index (Phi) is 5.01. The minimum Gasteiger partial charge on any atom is -0.355 e. The van der Waals surface area contributed by atoms with Gasteiger partial charge >= 0.3 is 0 Å². The smallest absolute Gasteiger partial charge is 0.236 e. The Labute approximate surface area is 150 Å². The van der Waals surface area contributed by atoms with E-state index in [1.165, 1.54) is 11.8 Å². The molecule has 2 heterocycles. The molecule has 1 amide bonds. The fourth-order valence-electron chi connectivity index (χ4n) is 2.49. The van der Waals surface area contributed by atoms with Gasteiger partial charge in [-0.1, -0.05) is 49.3 Å². The minimum absolute atomic E-state index is 0.00643. The summed E-state index contributed by atoms with van der Waals surface area (Å²) in [5.41, 5.74) is 4.36. The van der Waals surface area contributed by atoms with Gasteiger partial charge in [0.05, 0.1) is 6.04 Å². The summed E-state index contributed by atoms with van der Waals surface area (Å²) >= 11 is 7.42. The van der Waals surface area contributed by atoms with Crippen molar-refractivity contribution < 1.29 is 4.79 Å². The second-order valence-electron chi connectivity index (χ2n) is 6.20. The number of thioether (sulfide) groups is 1. The lowest BCUT2D eigenvalue weighted by Gasteiger charge is -2.33. The summed E-state index contributed by atoms with van der Waals surface area (Å²) in [6, 6.07) is 7.35. The number of fused-ring (bicyclic) bond motifs is 1. The van der Waals surface area contributed by atoms with E-state index in [1.54, 1.807) is 0 Å². The predicted octanol–water partition coefficient (Wildman–Crippen LogP) is 2.77. The van der Waals surface area contributed by atoms with E-state index in [4.69, 9.17) is 11.6 Å². The Hall–Kier alpha value is -1.73. The van der Waals surface area contributed by atoms with E-state index in [0.29, 0.717) is 22.6 Å². The van der Waals surface area contributed by atoms with Crippen LogP contribution in [0.3, 0.4) is 0 Å². The standard InChI is InChI=1S/C16H20ClN5OS/c1-9(2)8-18-15(23)14-13(11-4-6-12(17)7-5-11)21-22-10(3)19-20-16(22)24-14/h4-7,9,13-14,21H,8H2,1-3H3,(H,18,23). The minimum atomic E-state index is -0.332. The highest BCUT2D eigenvalue weighted by molar-refractivity contribution is 8.00. The van der Waals surface area contributed by atoms with E-state index in [0.717, 1.165) is 11.4 Å². The summed E-state index contributed by atoms with van der Waals surface area (Å²) in [7, 11) is 0. The summed E-state index contributed by atoms with van der Waals surface area (Å²) in [5.74, 6) is 1.15. The fraction of sp³-hybridized carbons (Fsp3) is 0.438. The third kappa shape index (κ3) is 3.52. The first-order chi connectivity index (χ1) is 11.5. The van der Waals surface area contributed by atoms with Gasteiger partial charge in [0.1, 0.15) is 11.1 Å². The van der Waals surface area contributed by atoms with Crippen LogP contribution in [-0.2, 0) is 4.79 Å². The fourth-order valence-corrected chi connectivity index (χ4v) is 3.76. The van der Waals surface area contributed by atoms with E-state index in [-0.39, 0.29) is 17.2 Å². The van der Waals surface area contributed by atoms with Gasteiger partial charge in [-0.2, -0.15) is 0 Å². The van der Waals surface area contributed by atoms with Crippen molar-refractivity contribution in [1.29, 1.82) is 0 Å². The van der Waals surface area contributed by atoms with E-state index >= 15 is 0 Å². The maximum absolute atomic E-state index is 12.7. The lowest BCUT2D eigenvalue weighted by molar-refractivity contribution is -0.121. The summed E-state index contributed by atoms with van der Waals surface area (Å²) in [4.78, 5) is 12.7. The van der Waals surface area contributed by atoms with Crippen LogP contribution < -0.4 is 10.7 Å². The van der Waals surface area contributed by atoms with Crippen molar-refractivity contribution in [2.45, 2.75) is 37.2 Å². The number of hydrogen-bond donors (Lipinski definition) is 2. The third-order valence-electron chi connectivity index (χ3n) is 3.77. The molecule has 1 aromatic carbocycles. The van der Waals surface area contributed by atoms with Gasteiger partial charge in [-0.05, 0) is 30.5 Å². The molecule has 1 aliphatic heterocycles. The number of aromatic nitrogens is 3. The van der Waals surface area contributed by atoms with Crippen LogP contribution in [0.15, 0.2) is 29.4 Å². The van der Waals surface area contributed by atoms with Crippen molar-refractivity contribution in [3.05, 3.63) is 40.7 Å². The third-order valence-corrected chi connectivity index (χ3v) is 5.24. The molecule has 0 spiro atoms. The topological polar surface area (TPSA) is 71.8 Å². The first kappa shape index (κ1) is 17.1. The van der Waals surface area contributed by atoms with Crippen molar-refractivity contribution in [1.82, 2.24) is 20.2 Å². The molecule has 0 saturated heterocycles. The first-order valence-corrected chi connectivity index (χ1v) is 9.10. The Morgan fingerprint density at radius 3 is 2.75 bits per heavy atom. The van der Waals surface area contributed by atoms with Gasteiger partial charge < -0.3 is 10.7 Å². The molecule has 0 bridgehead atoms. The Morgan fingerprint density at radius 1 is 1.38 bits per heavy atom. The van der Waals surface area contributed by atoms with Crippen molar-refractivity contribution in [3.8, 4) is 0 Å². The van der Waals surface area contributed by atoms with Gasteiger partial charge in [0.15, 0.2) is 0 Å². The first-order valence-electron chi connectivity index (χ1n) is 7.84. The zero-order valence-corrected chi connectivity index (χ0v) is 15.4. The van der Waals surface area contributed by atoms with Crippen LogP contribution in [0, 0.1) is 12.8 Å². The number of carbonyl (C=O) groups is 1. The molecule has 6 nitrogen and oxygen atoms in total. The van der Waals surface area contributed by atoms with Gasteiger partial charge in [-0.25, -0.2) is 4.68 Å². The number of benzene rings is 1. The number of rotatable bonds is 4. The molecule has 2 unspecified atom stereocenters. The number of amides is 1. The highest BCUT2D eigenvalue weighted by Gasteiger charge is 2.37. The normalized spacial score (nSPS) is 19.7. The van der Waals surface area contributed by atoms with Crippen LogP contribution in [-0.4, -0.2) is 32.6 Å². The second-order valence-corrected chi connectivity index (χ2v) is 7.75.